The van der Waals surface area contributed by atoms with Crippen molar-refractivity contribution in [2.45, 2.75) is 37.5 Å². The highest BCUT2D eigenvalue weighted by Crippen LogP contribution is 2.66. The second kappa shape index (κ2) is 7.95. The van der Waals surface area contributed by atoms with E-state index in [0.29, 0.717) is 25.6 Å². The number of benzene rings is 2. The summed E-state index contributed by atoms with van der Waals surface area (Å²) in [5.74, 6) is 1.21. The van der Waals surface area contributed by atoms with Gasteiger partial charge in [-0.05, 0) is 79.2 Å². The number of fused-ring (bicyclic) bond motifs is 1. The lowest BCUT2D eigenvalue weighted by atomic mass is 9.53. The largest absolute Gasteiger partial charge is 0.481 e. The molecular formula is C26H30O5. The molecule has 3 saturated carbocycles. The fraction of sp³-hybridized carbons (Fsp3) is 0.500. The molecule has 31 heavy (non-hydrogen) atoms. The minimum absolute atomic E-state index is 0.0747. The van der Waals surface area contributed by atoms with Crippen LogP contribution in [0.3, 0.4) is 0 Å². The van der Waals surface area contributed by atoms with Crippen molar-refractivity contribution in [3.63, 3.8) is 0 Å². The summed E-state index contributed by atoms with van der Waals surface area (Å²) >= 11 is 0. The van der Waals surface area contributed by atoms with Gasteiger partial charge in [0.1, 0.15) is 11.5 Å². The number of aliphatic carboxylic acids is 1. The number of hydrogen-bond donors (Lipinski definition) is 2. The van der Waals surface area contributed by atoms with Crippen LogP contribution < -0.4 is 4.74 Å². The third-order valence-electron chi connectivity index (χ3n) is 8.02. The van der Waals surface area contributed by atoms with E-state index in [-0.39, 0.29) is 29.3 Å². The van der Waals surface area contributed by atoms with Gasteiger partial charge >= 0.3 is 5.97 Å². The average Bonchev–Trinajstić information content (AvgIpc) is 3.50. The first kappa shape index (κ1) is 20.5. The Hall–Kier alpha value is -2.37. The molecule has 0 bridgehead atoms. The zero-order valence-electron chi connectivity index (χ0n) is 17.7. The number of ether oxygens (including phenoxy) is 2. The lowest BCUT2D eigenvalue weighted by molar-refractivity contribution is -0.139. The summed E-state index contributed by atoms with van der Waals surface area (Å²) in [6, 6.07) is 18.2. The fourth-order valence-corrected chi connectivity index (χ4v) is 6.01. The topological polar surface area (TPSA) is 76.0 Å². The van der Waals surface area contributed by atoms with Gasteiger partial charge in [0.05, 0.1) is 25.7 Å². The Kier molecular flexibility index (Phi) is 5.27. The molecule has 164 valence electrons. The molecule has 3 fully saturated rings. The van der Waals surface area contributed by atoms with Gasteiger partial charge in [-0.3, -0.25) is 4.79 Å². The van der Waals surface area contributed by atoms with Crippen LogP contribution in [0.15, 0.2) is 54.6 Å². The zero-order valence-corrected chi connectivity index (χ0v) is 17.7. The van der Waals surface area contributed by atoms with E-state index in [1.807, 2.05) is 36.4 Å². The number of aliphatic hydroxyl groups is 1. The first-order valence-corrected chi connectivity index (χ1v) is 11.3. The first-order valence-electron chi connectivity index (χ1n) is 11.3. The Balaban J connectivity index is 1.28. The van der Waals surface area contributed by atoms with Crippen molar-refractivity contribution in [3.05, 3.63) is 60.2 Å². The van der Waals surface area contributed by atoms with Gasteiger partial charge in [-0.15, -0.1) is 0 Å². The molecule has 0 amide bonds. The molecule has 0 aromatic heterocycles. The molecule has 5 nitrogen and oxygen atoms in total. The second-order valence-electron chi connectivity index (χ2n) is 9.67. The van der Waals surface area contributed by atoms with E-state index >= 15 is 0 Å². The number of hydrogen-bond acceptors (Lipinski definition) is 4. The highest BCUT2D eigenvalue weighted by atomic mass is 16.5. The van der Waals surface area contributed by atoms with Crippen LogP contribution in [-0.2, 0) is 14.9 Å². The van der Waals surface area contributed by atoms with Gasteiger partial charge in [0.15, 0.2) is 0 Å². The summed E-state index contributed by atoms with van der Waals surface area (Å²) < 4.78 is 12.1. The van der Waals surface area contributed by atoms with E-state index < -0.39 is 5.97 Å². The standard InChI is InChI=1S/C26H30O5/c27-16-25(17-30-15-18-13-22(18)24(28)29)11-12-26(10-9-23(25)26)19-5-4-8-21(14-19)31-20-6-2-1-3-7-20/h1-8,14,18,22-23,27H,9-13,15-17H2,(H,28,29)/t18-,22+,23?,25?,26?/m0/s1. The van der Waals surface area contributed by atoms with Crippen molar-refractivity contribution >= 4 is 5.97 Å². The number of aliphatic hydroxyl groups excluding tert-OH is 1. The summed E-state index contributed by atoms with van der Waals surface area (Å²) in [5, 5.41) is 19.5. The molecule has 0 spiro atoms. The monoisotopic (exact) mass is 422 g/mol. The van der Waals surface area contributed by atoms with Crippen LogP contribution in [0.4, 0.5) is 0 Å². The van der Waals surface area contributed by atoms with Crippen molar-refractivity contribution in [1.29, 1.82) is 0 Å². The molecular weight excluding hydrogens is 392 g/mol. The maximum absolute atomic E-state index is 11.1. The van der Waals surface area contributed by atoms with E-state index in [2.05, 4.69) is 18.2 Å². The third kappa shape index (κ3) is 3.64. The van der Waals surface area contributed by atoms with Gasteiger partial charge in [-0.25, -0.2) is 0 Å². The summed E-state index contributed by atoms with van der Waals surface area (Å²) in [6.45, 7) is 1.12. The average molecular weight is 423 g/mol. The normalized spacial score (nSPS) is 33.4. The fourth-order valence-electron chi connectivity index (χ4n) is 6.01. The van der Waals surface area contributed by atoms with Gasteiger partial charge in [0, 0.05) is 5.41 Å². The van der Waals surface area contributed by atoms with Gasteiger partial charge in [-0.1, -0.05) is 30.3 Å². The minimum Gasteiger partial charge on any atom is -0.481 e. The van der Waals surface area contributed by atoms with Crippen LogP contribution in [0.2, 0.25) is 0 Å². The predicted molar refractivity (Wildman–Crippen MR) is 116 cm³/mol. The molecule has 0 heterocycles. The van der Waals surface area contributed by atoms with E-state index in [1.54, 1.807) is 0 Å². The Morgan fingerprint density at radius 3 is 2.52 bits per heavy atom. The van der Waals surface area contributed by atoms with Crippen LogP contribution >= 0.6 is 0 Å². The number of carbonyl (C=O) groups is 1. The quantitative estimate of drug-likeness (QED) is 0.616. The van der Waals surface area contributed by atoms with Crippen molar-refractivity contribution in [1.82, 2.24) is 0 Å². The van der Waals surface area contributed by atoms with Crippen molar-refractivity contribution in [2.24, 2.45) is 23.2 Å². The first-order chi connectivity index (χ1) is 15.1. The lowest BCUT2D eigenvalue weighted by Crippen LogP contribution is -2.49. The van der Waals surface area contributed by atoms with Crippen LogP contribution in [0.1, 0.15) is 37.7 Å². The molecule has 3 aliphatic carbocycles. The summed E-state index contributed by atoms with van der Waals surface area (Å²) in [6.07, 6.45) is 4.90. The molecule has 2 N–H and O–H groups in total. The maximum atomic E-state index is 11.1. The second-order valence-corrected chi connectivity index (χ2v) is 9.67. The van der Waals surface area contributed by atoms with E-state index in [4.69, 9.17) is 14.6 Å². The molecule has 2 aromatic rings. The van der Waals surface area contributed by atoms with E-state index in [0.717, 1.165) is 37.2 Å². The number of carboxylic acids is 1. The molecule has 0 radical (unpaired) electrons. The van der Waals surface area contributed by atoms with E-state index in [1.165, 1.54) is 5.56 Å². The van der Waals surface area contributed by atoms with Gasteiger partial charge in [0.25, 0.3) is 0 Å². The Labute approximate surface area is 183 Å². The third-order valence-corrected chi connectivity index (χ3v) is 8.02. The molecule has 0 aliphatic heterocycles. The Morgan fingerprint density at radius 1 is 1.03 bits per heavy atom. The molecule has 2 aromatic carbocycles. The van der Waals surface area contributed by atoms with Crippen LogP contribution in [0, 0.1) is 23.2 Å². The summed E-state index contributed by atoms with van der Waals surface area (Å²) in [4.78, 5) is 11.1. The molecule has 5 rings (SSSR count). The maximum Gasteiger partial charge on any atom is 0.306 e. The van der Waals surface area contributed by atoms with Gasteiger partial charge < -0.3 is 19.7 Å². The highest BCUT2D eigenvalue weighted by Gasteiger charge is 2.62. The smallest absolute Gasteiger partial charge is 0.306 e. The highest BCUT2D eigenvalue weighted by molar-refractivity contribution is 5.73. The lowest BCUT2D eigenvalue weighted by Gasteiger charge is -2.51. The number of rotatable bonds is 9. The minimum atomic E-state index is -0.720. The number of carboxylic acid groups (broad SMARTS) is 1. The number of para-hydroxylation sites is 1. The Morgan fingerprint density at radius 2 is 1.84 bits per heavy atom. The Bertz CT molecular complexity index is 944. The van der Waals surface area contributed by atoms with Crippen LogP contribution in [0.25, 0.3) is 0 Å². The van der Waals surface area contributed by atoms with Crippen molar-refractivity contribution in [3.8, 4) is 11.5 Å². The molecule has 3 unspecified atom stereocenters. The van der Waals surface area contributed by atoms with E-state index in [9.17, 15) is 9.90 Å². The van der Waals surface area contributed by atoms with Gasteiger partial charge in [0.2, 0.25) is 0 Å². The van der Waals surface area contributed by atoms with Crippen LogP contribution in [0.5, 0.6) is 11.5 Å². The molecule has 3 aliphatic rings. The molecule has 0 saturated heterocycles. The van der Waals surface area contributed by atoms with Crippen molar-refractivity contribution in [2.75, 3.05) is 19.8 Å². The molecule has 5 heteroatoms. The zero-order chi connectivity index (χ0) is 21.5. The van der Waals surface area contributed by atoms with Crippen molar-refractivity contribution < 1.29 is 24.5 Å². The van der Waals surface area contributed by atoms with Gasteiger partial charge in [-0.2, -0.15) is 0 Å². The summed E-state index contributed by atoms with van der Waals surface area (Å²) in [5.41, 5.74) is 1.13. The predicted octanol–water partition coefficient (Wildman–Crippen LogP) is 4.64. The van der Waals surface area contributed by atoms with Crippen LogP contribution in [-0.4, -0.2) is 36.0 Å². The molecule has 5 atom stereocenters. The summed E-state index contributed by atoms with van der Waals surface area (Å²) in [7, 11) is 0. The SMILES string of the molecule is O=C(O)[C@@H]1C[C@H]1COCC1(CO)CCC2(c3cccc(Oc4ccccc4)c3)CCC12.